The highest BCUT2D eigenvalue weighted by molar-refractivity contribution is 7.22. The number of H-pyrrole nitrogens is 1. The molecular formula is C13H10N2O2S. The van der Waals surface area contributed by atoms with Crippen molar-refractivity contribution in [2.75, 3.05) is 7.11 Å². The molecule has 18 heavy (non-hydrogen) atoms. The number of rotatable bonds is 2. The average molecular weight is 258 g/mol. The van der Waals surface area contributed by atoms with E-state index in [0.29, 0.717) is 10.2 Å². The van der Waals surface area contributed by atoms with Gasteiger partial charge in [-0.3, -0.25) is 4.79 Å². The van der Waals surface area contributed by atoms with Crippen LogP contribution in [0, 0.1) is 0 Å². The molecule has 0 radical (unpaired) electrons. The fourth-order valence-electron chi connectivity index (χ4n) is 1.85. The van der Waals surface area contributed by atoms with E-state index < -0.39 is 0 Å². The Hall–Kier alpha value is -2.14. The van der Waals surface area contributed by atoms with Crippen LogP contribution in [0.4, 0.5) is 0 Å². The van der Waals surface area contributed by atoms with Crippen LogP contribution in [0.5, 0.6) is 5.75 Å². The van der Waals surface area contributed by atoms with Crippen LogP contribution in [0.3, 0.4) is 0 Å². The number of fused-ring (bicyclic) bond motifs is 1. The highest BCUT2D eigenvalue weighted by Crippen LogP contribution is 2.36. The quantitative estimate of drug-likeness (QED) is 0.768. The molecule has 0 bridgehead atoms. The lowest BCUT2D eigenvalue weighted by molar-refractivity contribution is 0.416. The summed E-state index contributed by atoms with van der Waals surface area (Å²) in [6.07, 6.45) is 1.42. The van der Waals surface area contributed by atoms with E-state index in [9.17, 15) is 4.79 Å². The van der Waals surface area contributed by atoms with Crippen molar-refractivity contribution >= 4 is 21.6 Å². The van der Waals surface area contributed by atoms with E-state index in [-0.39, 0.29) is 5.56 Å². The molecule has 0 saturated carbocycles. The van der Waals surface area contributed by atoms with Gasteiger partial charge in [0, 0.05) is 10.4 Å². The number of thiophene rings is 1. The Morgan fingerprint density at radius 1 is 1.33 bits per heavy atom. The lowest BCUT2D eigenvalue weighted by Gasteiger charge is -2.04. The molecule has 2 heterocycles. The van der Waals surface area contributed by atoms with Gasteiger partial charge in [0.05, 0.1) is 19.0 Å². The average Bonchev–Trinajstić information content (AvgIpc) is 2.84. The molecule has 4 nitrogen and oxygen atoms in total. The van der Waals surface area contributed by atoms with E-state index in [2.05, 4.69) is 9.97 Å². The molecule has 0 aliphatic rings. The van der Waals surface area contributed by atoms with Crippen molar-refractivity contribution in [3.8, 4) is 16.2 Å². The zero-order valence-corrected chi connectivity index (χ0v) is 10.5. The molecule has 0 atom stereocenters. The predicted octanol–water partition coefficient (Wildman–Crippen LogP) is 2.66. The summed E-state index contributed by atoms with van der Waals surface area (Å²) in [5.41, 5.74) is 1.58. The van der Waals surface area contributed by atoms with Crippen molar-refractivity contribution in [1.82, 2.24) is 9.97 Å². The minimum absolute atomic E-state index is 0.105. The van der Waals surface area contributed by atoms with Crippen LogP contribution in [0.15, 0.2) is 41.5 Å². The lowest BCUT2D eigenvalue weighted by Crippen LogP contribution is -2.02. The summed E-state index contributed by atoms with van der Waals surface area (Å²) in [7, 11) is 1.64. The van der Waals surface area contributed by atoms with Gasteiger partial charge in [-0.05, 0) is 18.2 Å². The van der Waals surface area contributed by atoms with Gasteiger partial charge in [0.25, 0.3) is 5.56 Å². The van der Waals surface area contributed by atoms with Crippen LogP contribution in [0.2, 0.25) is 0 Å². The summed E-state index contributed by atoms with van der Waals surface area (Å²) in [4.78, 5) is 19.4. The Morgan fingerprint density at radius 3 is 2.94 bits per heavy atom. The second kappa shape index (κ2) is 4.27. The van der Waals surface area contributed by atoms with Crippen molar-refractivity contribution in [3.05, 3.63) is 47.0 Å². The van der Waals surface area contributed by atoms with Crippen LogP contribution >= 0.6 is 11.3 Å². The maximum Gasteiger partial charge on any atom is 0.268 e. The maximum absolute atomic E-state index is 11.7. The monoisotopic (exact) mass is 258 g/mol. The topological polar surface area (TPSA) is 55.0 Å². The summed E-state index contributed by atoms with van der Waals surface area (Å²) in [6.45, 7) is 0. The van der Waals surface area contributed by atoms with Gasteiger partial charge in [0.2, 0.25) is 0 Å². The molecule has 1 N–H and O–H groups in total. The van der Waals surface area contributed by atoms with Crippen LogP contribution in [-0.2, 0) is 0 Å². The maximum atomic E-state index is 11.7. The number of hydrogen-bond donors (Lipinski definition) is 1. The second-order valence-corrected chi connectivity index (χ2v) is 4.81. The summed E-state index contributed by atoms with van der Waals surface area (Å²) in [6, 6.07) is 9.64. The fraction of sp³-hybridized carbons (Fsp3) is 0.0769. The molecular weight excluding hydrogens is 248 g/mol. The summed E-state index contributed by atoms with van der Waals surface area (Å²) >= 11 is 1.42. The van der Waals surface area contributed by atoms with Crippen molar-refractivity contribution in [3.63, 3.8) is 0 Å². The molecule has 0 spiro atoms. The Morgan fingerprint density at radius 2 is 2.17 bits per heavy atom. The number of aromatic amines is 1. The zero-order valence-electron chi connectivity index (χ0n) is 9.64. The lowest BCUT2D eigenvalue weighted by atomic mass is 10.1. The zero-order chi connectivity index (χ0) is 12.5. The number of para-hydroxylation sites is 1. The largest absolute Gasteiger partial charge is 0.496 e. The van der Waals surface area contributed by atoms with Crippen LogP contribution in [-0.4, -0.2) is 17.1 Å². The van der Waals surface area contributed by atoms with Gasteiger partial charge < -0.3 is 9.72 Å². The SMILES string of the molecule is COc1ccccc1-c1cc2nc[nH]c(=O)c2s1. The van der Waals surface area contributed by atoms with Crippen molar-refractivity contribution < 1.29 is 4.74 Å². The standard InChI is InChI=1S/C13H10N2O2S/c1-17-10-5-3-2-4-8(10)11-6-9-12(18-11)13(16)15-7-14-9/h2-7H,1H3,(H,14,15,16). The minimum atomic E-state index is -0.105. The van der Waals surface area contributed by atoms with Gasteiger partial charge in [-0.25, -0.2) is 4.98 Å². The first kappa shape index (κ1) is 11.0. The minimum Gasteiger partial charge on any atom is -0.496 e. The van der Waals surface area contributed by atoms with E-state index >= 15 is 0 Å². The summed E-state index contributed by atoms with van der Waals surface area (Å²) in [5.74, 6) is 0.792. The number of benzene rings is 1. The molecule has 0 unspecified atom stereocenters. The molecule has 90 valence electrons. The Balaban J connectivity index is 2.26. The third kappa shape index (κ3) is 1.69. The van der Waals surface area contributed by atoms with E-state index in [4.69, 9.17) is 4.74 Å². The van der Waals surface area contributed by atoms with E-state index in [1.54, 1.807) is 7.11 Å². The van der Waals surface area contributed by atoms with Gasteiger partial charge in [0.1, 0.15) is 10.4 Å². The first-order valence-corrected chi connectivity index (χ1v) is 6.22. The highest BCUT2D eigenvalue weighted by atomic mass is 32.1. The summed E-state index contributed by atoms with van der Waals surface area (Å²) in [5, 5.41) is 0. The highest BCUT2D eigenvalue weighted by Gasteiger charge is 2.11. The number of nitrogens with zero attached hydrogens (tertiary/aromatic N) is 1. The molecule has 1 aromatic carbocycles. The third-order valence-corrected chi connectivity index (χ3v) is 3.85. The molecule has 0 amide bonds. The molecule has 5 heteroatoms. The molecule has 0 aliphatic carbocycles. The van der Waals surface area contributed by atoms with Crippen molar-refractivity contribution in [2.45, 2.75) is 0 Å². The first-order chi connectivity index (χ1) is 8.79. The Labute approximate surface area is 107 Å². The van der Waals surface area contributed by atoms with Crippen molar-refractivity contribution in [2.24, 2.45) is 0 Å². The number of ether oxygens (including phenoxy) is 1. The van der Waals surface area contributed by atoms with Crippen LogP contribution < -0.4 is 10.3 Å². The van der Waals surface area contributed by atoms with Gasteiger partial charge in [-0.2, -0.15) is 0 Å². The molecule has 2 aromatic heterocycles. The third-order valence-electron chi connectivity index (χ3n) is 2.69. The Kier molecular flexibility index (Phi) is 2.60. The number of aromatic nitrogens is 2. The van der Waals surface area contributed by atoms with Gasteiger partial charge in [0.15, 0.2) is 0 Å². The number of methoxy groups -OCH3 is 1. The molecule has 0 aliphatic heterocycles. The van der Waals surface area contributed by atoms with Crippen LogP contribution in [0.1, 0.15) is 0 Å². The number of hydrogen-bond acceptors (Lipinski definition) is 4. The fourth-order valence-corrected chi connectivity index (χ4v) is 2.88. The molecule has 3 rings (SSSR count). The first-order valence-electron chi connectivity index (χ1n) is 5.40. The van der Waals surface area contributed by atoms with Gasteiger partial charge in [-0.15, -0.1) is 11.3 Å². The van der Waals surface area contributed by atoms with Crippen molar-refractivity contribution in [1.29, 1.82) is 0 Å². The molecule has 0 saturated heterocycles. The van der Waals surface area contributed by atoms with Gasteiger partial charge in [-0.1, -0.05) is 12.1 Å². The Bertz CT molecular complexity index is 761. The smallest absolute Gasteiger partial charge is 0.268 e. The van der Waals surface area contributed by atoms with E-state index in [1.165, 1.54) is 17.7 Å². The second-order valence-electron chi connectivity index (χ2n) is 3.76. The number of nitrogens with one attached hydrogen (secondary N) is 1. The van der Waals surface area contributed by atoms with Crippen LogP contribution in [0.25, 0.3) is 20.7 Å². The summed E-state index contributed by atoms with van der Waals surface area (Å²) < 4.78 is 5.96. The predicted molar refractivity (Wildman–Crippen MR) is 72.2 cm³/mol. The normalized spacial score (nSPS) is 10.7. The molecule has 0 fully saturated rings. The van der Waals surface area contributed by atoms with E-state index in [0.717, 1.165) is 16.2 Å². The van der Waals surface area contributed by atoms with Gasteiger partial charge >= 0.3 is 0 Å². The van der Waals surface area contributed by atoms with E-state index in [1.807, 2.05) is 30.3 Å². The molecule has 3 aromatic rings.